The van der Waals surface area contributed by atoms with E-state index in [0.717, 1.165) is 141 Å². The fraction of sp³-hybridized carbons (Fsp3) is 0.306. The number of hydrogen-bond donors (Lipinski definition) is 7. The maximum Gasteiger partial charge on any atom is 0.320 e. The van der Waals surface area contributed by atoms with Crippen molar-refractivity contribution >= 4 is 62.6 Å². The Morgan fingerprint density at radius 2 is 0.900 bits per heavy atom. The molecule has 18 rings (SSSR count). The van der Waals surface area contributed by atoms with Crippen LogP contribution in [0.2, 0.25) is 0 Å². The molecular weight excluding hydrogens is 1380 g/mol. The van der Waals surface area contributed by atoms with Crippen LogP contribution < -0.4 is 52.7 Å². The number of nitrogens with two attached hydrogens (primary N) is 3. The molecule has 0 aliphatic carbocycles. The van der Waals surface area contributed by atoms with Gasteiger partial charge in [0.05, 0.1) is 64.8 Å². The number of carbonyl (C=O) groups excluding carboxylic acids is 2. The van der Waals surface area contributed by atoms with E-state index >= 15 is 0 Å². The average molecular weight is 1470 g/mol. The van der Waals surface area contributed by atoms with E-state index in [1.807, 2.05) is 67.8 Å². The smallest absolute Gasteiger partial charge is 0.320 e. The highest BCUT2D eigenvalue weighted by Gasteiger charge is 2.26. The van der Waals surface area contributed by atoms with Crippen LogP contribution in [0.4, 0.5) is 17.5 Å². The third-order valence-electron chi connectivity index (χ3n) is 20.9. The maximum absolute atomic E-state index is 12.9. The summed E-state index contributed by atoms with van der Waals surface area (Å²) in [6.07, 6.45) is 18.2. The van der Waals surface area contributed by atoms with Gasteiger partial charge in [-0.1, -0.05) is 146 Å². The molecule has 6 aliphatic heterocycles. The van der Waals surface area contributed by atoms with Gasteiger partial charge in [-0.3, -0.25) is 9.59 Å². The molecule has 3 saturated heterocycles. The average Bonchev–Trinajstić information content (AvgIpc) is 1.62. The molecule has 560 valence electrons. The first-order chi connectivity index (χ1) is 53.7. The zero-order valence-corrected chi connectivity index (χ0v) is 62.0. The number of ketones is 1. The van der Waals surface area contributed by atoms with Gasteiger partial charge in [0.25, 0.3) is 5.91 Å². The Morgan fingerprint density at radius 3 is 1.31 bits per heavy atom. The van der Waals surface area contributed by atoms with Crippen molar-refractivity contribution in [2.45, 2.75) is 104 Å². The summed E-state index contributed by atoms with van der Waals surface area (Å²) < 4.78 is 28.8. The minimum absolute atomic E-state index is 0.0317. The SMILES string of the molecule is Cc1nc2c(N)nc3nc2n1Cc1ccc(-c2ccc(C(=O)NC4CNC4)cc2)c(c1)C/C=C/CCO3.Cc1nc2c(N)nc3nc2n1Cc1ccc(-c2ccc(CNC4COC4)cc2)c(c1)C/C=C\CCO3.Cc1nc2c(N)nc3nc2n1Cc1ccc(-c2cccc(C(=O)CC4CNC4)c2)c(c1)C/C=C/CCO3. The number of benzene rings is 6. The van der Waals surface area contributed by atoms with Gasteiger partial charge < -0.3 is 71.1 Å². The first-order valence-corrected chi connectivity index (χ1v) is 37.8. The van der Waals surface area contributed by atoms with Crippen molar-refractivity contribution in [1.82, 2.24) is 79.8 Å². The van der Waals surface area contributed by atoms with E-state index in [1.165, 1.54) is 38.9 Å². The topological polar surface area (TPSA) is 328 Å². The summed E-state index contributed by atoms with van der Waals surface area (Å²) in [6.45, 7) is 15.1. The molecule has 1 amide bonds. The molecular formula is C85H89N19O6. The van der Waals surface area contributed by atoms with Crippen molar-refractivity contribution in [2.75, 3.05) is 76.4 Å². The third kappa shape index (κ3) is 16.2. The number of nitrogen functional groups attached to an aromatic ring is 3. The Labute approximate surface area is 636 Å². The van der Waals surface area contributed by atoms with E-state index in [1.54, 1.807) is 0 Å². The first kappa shape index (κ1) is 72.2. The molecule has 10 N–H and O–H groups in total. The van der Waals surface area contributed by atoms with Gasteiger partial charge in [0.2, 0.25) is 0 Å². The van der Waals surface area contributed by atoms with Crippen molar-refractivity contribution in [1.29, 1.82) is 0 Å². The van der Waals surface area contributed by atoms with E-state index in [2.05, 4.69) is 197 Å². The predicted molar refractivity (Wildman–Crippen MR) is 426 cm³/mol. The second kappa shape index (κ2) is 32.4. The van der Waals surface area contributed by atoms with Crippen LogP contribution in [0.3, 0.4) is 0 Å². The van der Waals surface area contributed by atoms with Crippen LogP contribution in [0.1, 0.15) is 103 Å². The molecule has 110 heavy (non-hydrogen) atoms. The number of ether oxygens (including phenoxy) is 4. The normalized spacial score (nSPS) is 16.7. The van der Waals surface area contributed by atoms with Crippen LogP contribution in [0.15, 0.2) is 164 Å². The number of rotatable bonds is 11. The molecule has 6 aromatic heterocycles. The minimum Gasteiger partial charge on any atom is -0.463 e. The molecule has 25 nitrogen and oxygen atoms in total. The highest BCUT2D eigenvalue weighted by Crippen LogP contribution is 2.34. The number of hydrogen-bond acceptors (Lipinski definition) is 21. The van der Waals surface area contributed by atoms with Crippen molar-refractivity contribution in [3.63, 3.8) is 0 Å². The summed E-state index contributed by atoms with van der Waals surface area (Å²) in [5.41, 5.74) is 39.2. The second-order valence-electron chi connectivity index (χ2n) is 28.8. The molecule has 0 saturated carbocycles. The lowest BCUT2D eigenvalue weighted by Gasteiger charge is -2.27. The summed E-state index contributed by atoms with van der Waals surface area (Å²) in [5, 5.41) is 13.0. The number of fused-ring (bicyclic) bond motifs is 9. The number of imidazole rings is 3. The Morgan fingerprint density at radius 1 is 0.464 bits per heavy atom. The largest absolute Gasteiger partial charge is 0.463 e. The van der Waals surface area contributed by atoms with Crippen LogP contribution in [-0.2, 0) is 50.2 Å². The Hall–Kier alpha value is -12.0. The van der Waals surface area contributed by atoms with E-state index in [9.17, 15) is 9.59 Å². The lowest BCUT2D eigenvalue weighted by molar-refractivity contribution is -0.00578. The number of aryl methyl sites for hydroxylation is 3. The summed E-state index contributed by atoms with van der Waals surface area (Å²) >= 11 is 0. The van der Waals surface area contributed by atoms with Crippen LogP contribution in [0, 0.1) is 26.7 Å². The Balaban J connectivity index is 0.000000125. The van der Waals surface area contributed by atoms with E-state index in [4.69, 9.17) is 36.1 Å². The number of Topliss-reactive ketones (excluding diaryl/α,β-unsaturated/α-hetero) is 1. The lowest BCUT2D eigenvalue weighted by Crippen LogP contribution is -2.56. The number of aromatic nitrogens is 12. The molecule has 6 aliphatic rings. The molecule has 6 aromatic carbocycles. The zero-order chi connectivity index (χ0) is 75.2. The van der Waals surface area contributed by atoms with Gasteiger partial charge in [-0.15, -0.1) is 0 Å². The lowest BCUT2D eigenvalue weighted by atomic mass is 9.91. The van der Waals surface area contributed by atoms with Crippen molar-refractivity contribution in [3.8, 4) is 51.4 Å². The Kier molecular flexibility index (Phi) is 21.3. The summed E-state index contributed by atoms with van der Waals surface area (Å²) in [4.78, 5) is 65.9. The van der Waals surface area contributed by atoms with Gasteiger partial charge >= 0.3 is 18.0 Å². The summed E-state index contributed by atoms with van der Waals surface area (Å²) in [7, 11) is 0. The van der Waals surface area contributed by atoms with Gasteiger partial charge in [-0.25, -0.2) is 15.0 Å². The highest BCUT2D eigenvalue weighted by atomic mass is 16.5. The quantitative estimate of drug-likeness (QED) is 0.0467. The summed E-state index contributed by atoms with van der Waals surface area (Å²) in [6, 6.07) is 46.1. The molecule has 3 fully saturated rings. The monoisotopic (exact) mass is 1470 g/mol. The van der Waals surface area contributed by atoms with Gasteiger partial charge in [-0.05, 0) is 169 Å². The van der Waals surface area contributed by atoms with Crippen LogP contribution in [0.5, 0.6) is 18.0 Å². The number of amides is 1. The fourth-order valence-corrected chi connectivity index (χ4v) is 14.5. The van der Waals surface area contributed by atoms with Gasteiger partial charge in [0.15, 0.2) is 56.7 Å². The molecule has 0 atom stereocenters. The second-order valence-corrected chi connectivity index (χ2v) is 28.8. The summed E-state index contributed by atoms with van der Waals surface area (Å²) in [5.74, 6) is 4.10. The van der Waals surface area contributed by atoms with E-state index < -0.39 is 0 Å². The number of nitrogens with zero attached hydrogens (tertiary/aromatic N) is 12. The van der Waals surface area contributed by atoms with Crippen molar-refractivity contribution < 1.29 is 28.5 Å². The number of nitrogens with one attached hydrogen (secondary N) is 4. The molecule has 12 bridgehead atoms. The van der Waals surface area contributed by atoms with Gasteiger partial charge in [0.1, 0.15) is 17.5 Å². The molecule has 0 unspecified atom stereocenters. The third-order valence-corrected chi connectivity index (χ3v) is 20.9. The Bertz CT molecular complexity index is 5520. The fourth-order valence-electron chi connectivity index (χ4n) is 14.5. The van der Waals surface area contributed by atoms with E-state index in [0.29, 0.717) is 120 Å². The molecule has 0 spiro atoms. The van der Waals surface area contributed by atoms with Crippen molar-refractivity contribution in [3.05, 3.63) is 231 Å². The van der Waals surface area contributed by atoms with Crippen molar-refractivity contribution in [2.24, 2.45) is 5.92 Å². The number of allylic oxidation sites excluding steroid dienone is 3. The number of carbonyl (C=O) groups is 2. The number of anilines is 3. The van der Waals surface area contributed by atoms with Gasteiger partial charge in [0, 0.05) is 37.2 Å². The van der Waals surface area contributed by atoms with E-state index in [-0.39, 0.29) is 29.8 Å². The first-order valence-electron chi connectivity index (χ1n) is 37.8. The standard InChI is InChI=1S/C29H30N6O2.C28H29N7O2.C28H30N6O2/c1-18-32-26-27(30)33-29-34-28(26)35(18)17-19-9-10-24(21(12-19)6-3-2-4-11-37-29)22-7-5-8-23(14-22)25(36)13-20-15-31-16-20;1-17-31-24-25(29)33-28-34-26(24)35(17)16-18-6-11-23(21(13-18)5-3-2-4-12-37-28)19-7-9-20(10-8-19)27(36)32-22-14-30-15-22;1-18-31-25-26(29)32-28-33-27(25)34(18)15-20-8-11-24(22(13-20)5-3-2-4-12-36-28)21-9-6-19(7-10-21)14-30-23-16-35-17-23/h2-3,5,7-10,12,14,20,31H,4,6,11,13,15-17H2,1H3,(H2,30,33,34);2-3,6-11,13,22,30H,4-5,12,14-16H2,1H3,(H,32,36)(H2,29,33,34);2-3,6-11,13,23,30H,4-5,12,14-17H2,1H3,(H2,29,32,33)/b2*3-2+;3-2-. The van der Waals surface area contributed by atoms with Crippen LogP contribution in [-0.4, -0.2) is 142 Å². The predicted octanol–water partition coefficient (Wildman–Crippen LogP) is 10.9. The molecule has 0 radical (unpaired) electrons. The van der Waals surface area contributed by atoms with Gasteiger partial charge in [-0.2, -0.15) is 29.9 Å². The zero-order valence-electron chi connectivity index (χ0n) is 62.0. The molecule has 12 aromatic rings. The van der Waals surface area contributed by atoms with Crippen LogP contribution >= 0.6 is 0 Å². The minimum atomic E-state index is -0.0317. The molecule has 25 heteroatoms. The highest BCUT2D eigenvalue weighted by molar-refractivity contribution is 5.98. The molecule has 12 heterocycles. The maximum atomic E-state index is 12.9. The van der Waals surface area contributed by atoms with Crippen LogP contribution in [0.25, 0.3) is 66.9 Å².